The van der Waals surface area contributed by atoms with Gasteiger partial charge in [0.05, 0.1) is 33.3 Å². The Balaban J connectivity index is 1.67. The summed E-state index contributed by atoms with van der Waals surface area (Å²) in [5, 5.41) is 2.88. The van der Waals surface area contributed by atoms with Gasteiger partial charge in [-0.1, -0.05) is 0 Å². The Morgan fingerprint density at radius 2 is 1.53 bits per heavy atom. The first-order chi connectivity index (χ1) is 16.3. The number of hydrogen-bond acceptors (Lipinski definition) is 7. The summed E-state index contributed by atoms with van der Waals surface area (Å²) in [5.41, 5.74) is 1.46. The zero-order chi connectivity index (χ0) is 24.7. The minimum atomic E-state index is -3.55. The molecule has 34 heavy (non-hydrogen) atoms. The maximum absolute atomic E-state index is 12.9. The van der Waals surface area contributed by atoms with Gasteiger partial charge >= 0.3 is 0 Å². The predicted octanol–water partition coefficient (Wildman–Crippen LogP) is 2.75. The van der Waals surface area contributed by atoms with Gasteiger partial charge in [-0.25, -0.2) is 8.42 Å². The van der Waals surface area contributed by atoms with Gasteiger partial charge in [0.15, 0.2) is 11.5 Å². The molecule has 2 aromatic carbocycles. The molecule has 9 nitrogen and oxygen atoms in total. The number of hydrogen-bond donors (Lipinski definition) is 1. The van der Waals surface area contributed by atoms with Crippen LogP contribution >= 0.6 is 0 Å². The zero-order valence-corrected chi connectivity index (χ0v) is 20.9. The Hall–Kier alpha value is -2.98. The molecule has 1 amide bonds. The maximum Gasteiger partial charge on any atom is 0.243 e. The largest absolute Gasteiger partial charge is 0.496 e. The lowest BCUT2D eigenvalue weighted by atomic mass is 10.1. The van der Waals surface area contributed by atoms with Gasteiger partial charge in [-0.15, -0.1) is 0 Å². The number of aryl methyl sites for hydroxylation is 1. The molecule has 1 N–H and O–H groups in total. The minimum absolute atomic E-state index is 0.175. The van der Waals surface area contributed by atoms with Crippen LogP contribution in [-0.4, -0.2) is 60.2 Å². The average molecular weight is 493 g/mol. The molecule has 186 valence electrons. The molecular formula is C24H32N2O7S. The number of nitrogens with zero attached hydrogens (tertiary/aromatic N) is 1. The molecule has 0 aliphatic carbocycles. The summed E-state index contributed by atoms with van der Waals surface area (Å²) < 4.78 is 48.7. The maximum atomic E-state index is 12.9. The Morgan fingerprint density at radius 3 is 2.09 bits per heavy atom. The van der Waals surface area contributed by atoms with Crippen LogP contribution in [-0.2, 0) is 27.8 Å². The van der Waals surface area contributed by atoms with E-state index in [2.05, 4.69) is 5.32 Å². The van der Waals surface area contributed by atoms with Crippen LogP contribution in [0.5, 0.6) is 23.0 Å². The third kappa shape index (κ3) is 5.74. The highest BCUT2D eigenvalue weighted by molar-refractivity contribution is 7.89. The van der Waals surface area contributed by atoms with E-state index in [0.717, 1.165) is 18.4 Å². The molecule has 0 aromatic heterocycles. The second kappa shape index (κ2) is 11.4. The van der Waals surface area contributed by atoms with Crippen molar-refractivity contribution in [1.29, 1.82) is 0 Å². The molecule has 2 aromatic rings. The van der Waals surface area contributed by atoms with Crippen LogP contribution in [0.1, 0.15) is 30.4 Å². The number of carbonyl (C=O) groups excluding carboxylic acids is 1. The number of benzene rings is 2. The third-order valence-corrected chi connectivity index (χ3v) is 7.68. The molecule has 3 rings (SSSR count). The van der Waals surface area contributed by atoms with Crippen LogP contribution in [0.3, 0.4) is 0 Å². The highest BCUT2D eigenvalue weighted by atomic mass is 32.2. The first-order valence-electron chi connectivity index (χ1n) is 11.1. The lowest BCUT2D eigenvalue weighted by Crippen LogP contribution is -2.28. The van der Waals surface area contributed by atoms with Gasteiger partial charge in [-0.05, 0) is 60.7 Å². The Bertz CT molecular complexity index is 1090. The molecule has 0 atom stereocenters. The number of nitrogens with one attached hydrogen (secondary N) is 1. The number of methoxy groups -OCH3 is 4. The van der Waals surface area contributed by atoms with E-state index >= 15 is 0 Å². The molecule has 10 heteroatoms. The second-order valence-corrected chi connectivity index (χ2v) is 9.83. The van der Waals surface area contributed by atoms with E-state index in [9.17, 15) is 13.2 Å². The zero-order valence-electron chi connectivity index (χ0n) is 20.0. The number of rotatable bonds is 11. The van der Waals surface area contributed by atoms with Gasteiger partial charge in [0.25, 0.3) is 0 Å². The molecule has 1 fully saturated rings. The number of sulfonamides is 1. The fraction of sp³-hybridized carbons (Fsp3) is 0.458. The van der Waals surface area contributed by atoms with Gasteiger partial charge in [0, 0.05) is 26.1 Å². The first-order valence-corrected chi connectivity index (χ1v) is 12.5. The summed E-state index contributed by atoms with van der Waals surface area (Å²) in [7, 11) is 2.57. The molecule has 0 radical (unpaired) electrons. The summed E-state index contributed by atoms with van der Waals surface area (Å²) in [5.74, 6) is 1.87. The number of carbonyl (C=O) groups is 1. The molecular weight excluding hydrogens is 460 g/mol. The van der Waals surface area contributed by atoms with E-state index in [1.165, 1.54) is 32.7 Å². The van der Waals surface area contributed by atoms with Gasteiger partial charge in [-0.2, -0.15) is 4.31 Å². The van der Waals surface area contributed by atoms with E-state index in [0.29, 0.717) is 48.1 Å². The van der Waals surface area contributed by atoms with Crippen LogP contribution < -0.4 is 24.3 Å². The van der Waals surface area contributed by atoms with Crippen molar-refractivity contribution in [3.63, 3.8) is 0 Å². The monoisotopic (exact) mass is 492 g/mol. The summed E-state index contributed by atoms with van der Waals surface area (Å²) in [6, 6.07) is 8.36. The van der Waals surface area contributed by atoms with Crippen molar-refractivity contribution >= 4 is 15.9 Å². The molecule has 0 spiro atoms. The van der Waals surface area contributed by atoms with E-state index in [1.54, 1.807) is 30.3 Å². The highest BCUT2D eigenvalue weighted by Crippen LogP contribution is 2.38. The van der Waals surface area contributed by atoms with Crippen molar-refractivity contribution in [1.82, 2.24) is 9.62 Å². The Morgan fingerprint density at radius 1 is 0.912 bits per heavy atom. The SMILES string of the molecule is COc1ccc(S(=O)(=O)N2CCCC2)cc1CCC(=O)NCc1cc(OC)c(OC)c(OC)c1. The molecule has 0 bridgehead atoms. The second-order valence-electron chi connectivity index (χ2n) is 7.90. The number of ether oxygens (including phenoxy) is 4. The van der Waals surface area contributed by atoms with Crippen LogP contribution in [0.15, 0.2) is 35.2 Å². The van der Waals surface area contributed by atoms with Crippen molar-refractivity contribution in [3.05, 3.63) is 41.5 Å². The molecule has 1 heterocycles. The van der Waals surface area contributed by atoms with Crippen LogP contribution in [0.4, 0.5) is 0 Å². The molecule has 1 aliphatic rings. The van der Waals surface area contributed by atoms with E-state index in [4.69, 9.17) is 18.9 Å². The third-order valence-electron chi connectivity index (χ3n) is 5.79. The fourth-order valence-electron chi connectivity index (χ4n) is 3.96. The van der Waals surface area contributed by atoms with Crippen LogP contribution in [0.25, 0.3) is 0 Å². The molecule has 0 unspecified atom stereocenters. The van der Waals surface area contributed by atoms with Gasteiger partial charge in [0.2, 0.25) is 21.7 Å². The predicted molar refractivity (Wildman–Crippen MR) is 127 cm³/mol. The highest BCUT2D eigenvalue weighted by Gasteiger charge is 2.27. The smallest absolute Gasteiger partial charge is 0.243 e. The topological polar surface area (TPSA) is 103 Å². The lowest BCUT2D eigenvalue weighted by Gasteiger charge is -2.17. The van der Waals surface area contributed by atoms with Crippen molar-refractivity contribution in [2.75, 3.05) is 41.5 Å². The van der Waals surface area contributed by atoms with Gasteiger partial charge in [-0.3, -0.25) is 4.79 Å². The van der Waals surface area contributed by atoms with Crippen molar-refractivity contribution < 1.29 is 32.2 Å². The summed E-state index contributed by atoms with van der Waals surface area (Å²) in [6.07, 6.45) is 2.25. The van der Waals surface area contributed by atoms with E-state index in [1.807, 2.05) is 0 Å². The summed E-state index contributed by atoms with van der Waals surface area (Å²) >= 11 is 0. The van der Waals surface area contributed by atoms with Crippen molar-refractivity contribution in [3.8, 4) is 23.0 Å². The molecule has 1 aliphatic heterocycles. The first kappa shape index (κ1) is 25.6. The standard InChI is InChI=1S/C24H32N2O7S/c1-30-20-9-8-19(34(28,29)26-11-5-6-12-26)15-18(20)7-10-23(27)25-16-17-13-21(31-2)24(33-4)22(14-17)32-3/h8-9,13-15H,5-7,10-12,16H2,1-4H3,(H,25,27). The normalized spacial score (nSPS) is 14.0. The minimum Gasteiger partial charge on any atom is -0.496 e. The van der Waals surface area contributed by atoms with Crippen molar-refractivity contribution in [2.45, 2.75) is 37.1 Å². The molecule has 1 saturated heterocycles. The van der Waals surface area contributed by atoms with Gasteiger partial charge in [0.1, 0.15) is 5.75 Å². The Kier molecular flexibility index (Phi) is 8.62. The van der Waals surface area contributed by atoms with Crippen molar-refractivity contribution in [2.24, 2.45) is 0 Å². The van der Waals surface area contributed by atoms with Gasteiger partial charge < -0.3 is 24.3 Å². The van der Waals surface area contributed by atoms with Crippen LogP contribution in [0, 0.1) is 0 Å². The number of amides is 1. The quantitative estimate of drug-likeness (QED) is 0.514. The fourth-order valence-corrected chi connectivity index (χ4v) is 5.53. The Labute approximate surface area is 201 Å². The summed E-state index contributed by atoms with van der Waals surface area (Å²) in [6.45, 7) is 1.34. The average Bonchev–Trinajstić information content (AvgIpc) is 3.41. The molecule has 0 saturated carbocycles. The van der Waals surface area contributed by atoms with E-state index < -0.39 is 10.0 Å². The van der Waals surface area contributed by atoms with Crippen LogP contribution in [0.2, 0.25) is 0 Å². The lowest BCUT2D eigenvalue weighted by molar-refractivity contribution is -0.121. The summed E-state index contributed by atoms with van der Waals surface area (Å²) in [4.78, 5) is 12.8. The van der Waals surface area contributed by atoms with E-state index in [-0.39, 0.29) is 23.8 Å².